The number of aliphatic hydroxyl groups excluding tert-OH is 1. The Balaban J connectivity index is 5.25. The molecule has 0 aromatic carbocycles. The Morgan fingerprint density at radius 1 is 0.304 bits per heavy atom. The minimum absolute atomic E-state index is 0.107. The molecule has 0 radical (unpaired) electrons. The average molecular weight is 1350 g/mol. The zero-order chi connectivity index (χ0) is 67.7. The highest BCUT2D eigenvalue weighted by molar-refractivity contribution is 7.47. The van der Waals surface area contributed by atoms with Crippen molar-refractivity contribution in [1.29, 1.82) is 0 Å². The van der Waals surface area contributed by atoms with Crippen molar-refractivity contribution in [2.45, 2.75) is 400 Å². The van der Waals surface area contributed by atoms with Crippen molar-refractivity contribution in [3.8, 4) is 0 Å². The topological polar surface area (TPSA) is 237 Å². The molecule has 17 nitrogen and oxygen atoms in total. The van der Waals surface area contributed by atoms with Gasteiger partial charge < -0.3 is 33.8 Å². The largest absolute Gasteiger partial charge is 0.472 e. The highest BCUT2D eigenvalue weighted by Crippen LogP contribution is 2.45. The van der Waals surface area contributed by atoms with E-state index in [-0.39, 0.29) is 25.7 Å². The summed E-state index contributed by atoms with van der Waals surface area (Å²) < 4.78 is 68.4. The molecule has 0 amide bonds. The predicted octanol–water partition coefficient (Wildman–Crippen LogP) is 21.3. The molecule has 0 rings (SSSR count). The number of phosphoric ester groups is 2. The van der Waals surface area contributed by atoms with Crippen LogP contribution in [0.25, 0.3) is 0 Å². The lowest BCUT2D eigenvalue weighted by Crippen LogP contribution is -2.30. The summed E-state index contributed by atoms with van der Waals surface area (Å²) in [5.41, 5.74) is 0. The number of rotatable bonds is 73. The quantitative estimate of drug-likeness (QED) is 0.0222. The molecule has 6 atom stereocenters. The van der Waals surface area contributed by atoms with Crippen LogP contribution in [-0.2, 0) is 65.4 Å². The van der Waals surface area contributed by atoms with Crippen LogP contribution < -0.4 is 0 Å². The van der Waals surface area contributed by atoms with Gasteiger partial charge in [0, 0.05) is 25.7 Å². The number of esters is 4. The lowest BCUT2D eigenvalue weighted by Gasteiger charge is -2.21. The van der Waals surface area contributed by atoms with Crippen LogP contribution in [0.5, 0.6) is 0 Å². The van der Waals surface area contributed by atoms with Crippen molar-refractivity contribution < 1.29 is 80.2 Å². The lowest BCUT2D eigenvalue weighted by molar-refractivity contribution is -0.161. The highest BCUT2D eigenvalue weighted by atomic mass is 31.2. The summed E-state index contributed by atoms with van der Waals surface area (Å²) in [4.78, 5) is 72.7. The molecule has 0 aliphatic heterocycles. The molecule has 3 unspecified atom stereocenters. The van der Waals surface area contributed by atoms with Crippen molar-refractivity contribution in [1.82, 2.24) is 0 Å². The van der Waals surface area contributed by atoms with Gasteiger partial charge in [0.2, 0.25) is 0 Å². The second kappa shape index (κ2) is 66.3. The van der Waals surface area contributed by atoms with Gasteiger partial charge in [-0.1, -0.05) is 330 Å². The summed E-state index contributed by atoms with van der Waals surface area (Å²) in [7, 11) is -9.90. The number of aliphatic hydroxyl groups is 1. The summed E-state index contributed by atoms with van der Waals surface area (Å²) in [6.07, 6.45) is 54.0. The first-order chi connectivity index (χ1) is 44.6. The summed E-state index contributed by atoms with van der Waals surface area (Å²) >= 11 is 0. The first-order valence-corrected chi connectivity index (χ1v) is 41.2. The molecule has 3 N–H and O–H groups in total. The van der Waals surface area contributed by atoms with E-state index < -0.39 is 97.5 Å². The molecule has 0 fully saturated rings. The predicted molar refractivity (Wildman–Crippen MR) is 372 cm³/mol. The van der Waals surface area contributed by atoms with Gasteiger partial charge in [-0.3, -0.25) is 37.3 Å². The van der Waals surface area contributed by atoms with E-state index in [0.717, 1.165) is 102 Å². The van der Waals surface area contributed by atoms with Gasteiger partial charge >= 0.3 is 39.5 Å². The van der Waals surface area contributed by atoms with E-state index in [1.54, 1.807) is 0 Å². The normalized spacial score (nSPS) is 14.3. The second-order valence-electron chi connectivity index (χ2n) is 26.6. The van der Waals surface area contributed by atoms with Crippen LogP contribution in [0.2, 0.25) is 0 Å². The molecule has 0 bridgehead atoms. The molecule has 0 spiro atoms. The molecule has 0 aliphatic carbocycles. The Morgan fingerprint density at radius 2 is 0.522 bits per heavy atom. The maximum atomic E-state index is 13.1. The van der Waals surface area contributed by atoms with Crippen LogP contribution >= 0.6 is 15.6 Å². The van der Waals surface area contributed by atoms with E-state index in [0.29, 0.717) is 25.7 Å². The van der Waals surface area contributed by atoms with E-state index in [1.807, 2.05) is 0 Å². The molecule has 0 saturated carbocycles. The fourth-order valence-electron chi connectivity index (χ4n) is 11.1. The van der Waals surface area contributed by atoms with Gasteiger partial charge in [0.1, 0.15) is 19.3 Å². The summed E-state index contributed by atoms with van der Waals surface area (Å²) in [5.74, 6) is -1.39. The smallest absolute Gasteiger partial charge is 0.462 e. The third-order valence-corrected chi connectivity index (χ3v) is 19.3. The number of hydrogen-bond acceptors (Lipinski definition) is 15. The number of hydrogen-bond donors (Lipinski definition) is 3. The monoisotopic (exact) mass is 1350 g/mol. The van der Waals surface area contributed by atoms with Crippen molar-refractivity contribution in [3.05, 3.63) is 0 Å². The SMILES string of the molecule is CCCCCCCCCCCCCCCCCCC(=O)O[C@H](COC(=O)CCCCCCCCCCCCCCCC)COP(=O)(O)OC[C@@H](O)COP(=O)(O)OC[C@@H](COC(=O)CCCCCCCCC(C)CC)OC(=O)CCCCCCCCCCCCCC. The third-order valence-electron chi connectivity index (χ3n) is 17.4. The first-order valence-electron chi connectivity index (χ1n) is 38.2. The zero-order valence-corrected chi connectivity index (χ0v) is 61.5. The molecule has 0 heterocycles. The average Bonchev–Trinajstić information content (AvgIpc) is 1.74. The van der Waals surface area contributed by atoms with Gasteiger partial charge in [0.25, 0.3) is 0 Å². The Bertz CT molecular complexity index is 1770. The fourth-order valence-corrected chi connectivity index (χ4v) is 12.7. The van der Waals surface area contributed by atoms with Crippen LogP contribution in [0, 0.1) is 5.92 Å². The van der Waals surface area contributed by atoms with Gasteiger partial charge in [-0.15, -0.1) is 0 Å². The molecule has 0 aromatic heterocycles. The fraction of sp³-hybridized carbons (Fsp3) is 0.945. The molecular formula is C73H142O17P2. The lowest BCUT2D eigenvalue weighted by atomic mass is 10.00. The van der Waals surface area contributed by atoms with Crippen LogP contribution in [0.1, 0.15) is 381 Å². The van der Waals surface area contributed by atoms with Crippen molar-refractivity contribution in [2.24, 2.45) is 5.92 Å². The van der Waals surface area contributed by atoms with Gasteiger partial charge in [-0.05, 0) is 31.6 Å². The third kappa shape index (κ3) is 65.4. The molecule has 0 aliphatic rings. The molecule has 0 aromatic rings. The standard InChI is InChI=1S/C73H142O17P2/c1-6-10-13-16-19-22-25-28-30-31-33-36-39-42-49-54-59-73(78)89-68(62-83-70(75)56-51-46-40-37-35-32-29-26-23-20-17-14-11-7-2)64-87-91(79,80)85-60-67(74)61-86-92(81,82)88-65-69(63-84-71(76)57-52-47-44-43-45-50-55-66(5)9-4)90-72(77)58-53-48-41-38-34-27-24-21-18-15-12-8-3/h66-69,74H,6-65H2,1-5H3,(H,79,80)(H,81,82)/t66?,67-,68-,69-/m1/s1. The van der Waals surface area contributed by atoms with Crippen molar-refractivity contribution in [2.75, 3.05) is 39.6 Å². The van der Waals surface area contributed by atoms with E-state index in [1.165, 1.54) is 199 Å². The number of ether oxygens (including phenoxy) is 4. The summed E-state index contributed by atoms with van der Waals surface area (Å²) in [5, 5.41) is 10.6. The zero-order valence-electron chi connectivity index (χ0n) is 59.7. The van der Waals surface area contributed by atoms with Gasteiger partial charge in [-0.25, -0.2) is 9.13 Å². The molecule has 546 valence electrons. The van der Waals surface area contributed by atoms with Crippen LogP contribution in [0.4, 0.5) is 0 Å². The second-order valence-corrected chi connectivity index (χ2v) is 29.5. The van der Waals surface area contributed by atoms with Gasteiger partial charge in [-0.2, -0.15) is 0 Å². The summed E-state index contributed by atoms with van der Waals surface area (Å²) in [6.45, 7) is 7.24. The maximum Gasteiger partial charge on any atom is 0.472 e. The Kier molecular flexibility index (Phi) is 64.9. The molecule has 92 heavy (non-hydrogen) atoms. The van der Waals surface area contributed by atoms with Crippen LogP contribution in [0.3, 0.4) is 0 Å². The van der Waals surface area contributed by atoms with Crippen LogP contribution in [0.15, 0.2) is 0 Å². The van der Waals surface area contributed by atoms with E-state index in [9.17, 15) is 43.2 Å². The number of phosphoric acid groups is 2. The van der Waals surface area contributed by atoms with E-state index in [2.05, 4.69) is 34.6 Å². The number of unbranched alkanes of at least 4 members (excludes halogenated alkanes) is 44. The Hall–Kier alpha value is -1.94. The molecular weight excluding hydrogens is 1210 g/mol. The minimum atomic E-state index is -4.95. The van der Waals surface area contributed by atoms with Crippen molar-refractivity contribution in [3.63, 3.8) is 0 Å². The van der Waals surface area contributed by atoms with Crippen LogP contribution in [-0.4, -0.2) is 96.7 Å². The Labute approximate surface area is 562 Å². The maximum absolute atomic E-state index is 13.1. The Morgan fingerprint density at radius 3 is 0.772 bits per heavy atom. The van der Waals surface area contributed by atoms with Crippen molar-refractivity contribution >= 4 is 39.5 Å². The van der Waals surface area contributed by atoms with E-state index >= 15 is 0 Å². The minimum Gasteiger partial charge on any atom is -0.462 e. The molecule has 19 heteroatoms. The number of carbonyl (C=O) groups is 4. The summed E-state index contributed by atoms with van der Waals surface area (Å²) in [6, 6.07) is 0. The molecule has 0 saturated heterocycles. The van der Waals surface area contributed by atoms with Gasteiger partial charge in [0.05, 0.1) is 26.4 Å². The van der Waals surface area contributed by atoms with Gasteiger partial charge in [0.15, 0.2) is 12.2 Å². The number of carbonyl (C=O) groups excluding carboxylic acids is 4. The van der Waals surface area contributed by atoms with E-state index in [4.69, 9.17) is 37.0 Å². The first kappa shape index (κ1) is 90.1. The highest BCUT2D eigenvalue weighted by Gasteiger charge is 2.30.